The van der Waals surface area contributed by atoms with Gasteiger partial charge in [-0.2, -0.15) is 13.2 Å². The number of hydrogen-bond donors (Lipinski definition) is 1. The van der Waals surface area contributed by atoms with Crippen LogP contribution < -0.4 is 10.1 Å². The summed E-state index contributed by atoms with van der Waals surface area (Å²) in [6.45, 7) is 0.502. The molecule has 1 atom stereocenters. The third kappa shape index (κ3) is 4.22. The number of para-hydroxylation sites is 1. The number of benzene rings is 1. The van der Waals surface area contributed by atoms with Gasteiger partial charge in [-0.1, -0.05) is 12.1 Å². The minimum absolute atomic E-state index is 0.0569. The third-order valence-corrected chi connectivity index (χ3v) is 3.90. The summed E-state index contributed by atoms with van der Waals surface area (Å²) in [6.07, 6.45) is -3.52. The van der Waals surface area contributed by atoms with Crippen molar-refractivity contribution in [2.75, 3.05) is 18.4 Å². The molecule has 3 rings (SSSR count). The first-order valence-electron chi connectivity index (χ1n) is 7.83. The number of likely N-dealkylation sites (tertiary alicyclic amines) is 1. The van der Waals surface area contributed by atoms with Gasteiger partial charge in [0, 0.05) is 25.2 Å². The molecule has 1 unspecified atom stereocenters. The van der Waals surface area contributed by atoms with Gasteiger partial charge in [0.15, 0.2) is 0 Å². The van der Waals surface area contributed by atoms with Crippen molar-refractivity contribution in [3.8, 4) is 5.88 Å². The number of carbonyl (C=O) groups is 1. The Morgan fingerprint density at radius 2 is 2.04 bits per heavy atom. The van der Waals surface area contributed by atoms with Gasteiger partial charge in [-0.15, -0.1) is 0 Å². The molecule has 0 aliphatic carbocycles. The average molecular weight is 369 g/mol. The number of hydrogen-bond acceptors (Lipinski definition) is 3. The normalized spacial score (nSPS) is 17.2. The second-order valence-electron chi connectivity index (χ2n) is 5.77. The molecule has 1 aliphatic rings. The van der Waals surface area contributed by atoms with E-state index in [1.165, 1.54) is 23.1 Å². The molecule has 0 radical (unpaired) electrons. The highest BCUT2D eigenvalue weighted by atomic mass is 19.4. The van der Waals surface area contributed by atoms with Crippen LogP contribution in [0.4, 0.5) is 28.0 Å². The highest BCUT2D eigenvalue weighted by Gasteiger charge is 2.32. The second kappa shape index (κ2) is 7.19. The maximum atomic E-state index is 13.6. The molecular formula is C17H15F4N3O2. The number of nitrogens with one attached hydrogen (secondary N) is 1. The maximum Gasteiger partial charge on any atom is 0.416 e. The number of anilines is 1. The summed E-state index contributed by atoms with van der Waals surface area (Å²) in [5.41, 5.74) is -0.795. The largest absolute Gasteiger partial charge is 0.472 e. The summed E-state index contributed by atoms with van der Waals surface area (Å²) in [4.78, 5) is 17.4. The van der Waals surface area contributed by atoms with Crippen LogP contribution in [0, 0.1) is 5.82 Å². The number of alkyl halides is 3. The Bertz CT molecular complexity index is 798. The van der Waals surface area contributed by atoms with E-state index >= 15 is 0 Å². The molecule has 1 aromatic heterocycles. The molecule has 1 saturated heterocycles. The molecule has 0 bridgehead atoms. The Balaban J connectivity index is 1.59. The monoisotopic (exact) mass is 369 g/mol. The van der Waals surface area contributed by atoms with Crippen molar-refractivity contribution in [1.29, 1.82) is 0 Å². The molecule has 1 N–H and O–H groups in total. The first kappa shape index (κ1) is 18.0. The SMILES string of the molecule is O=C(Nc1ccccc1F)N1CCC(Oc2cc(C(F)(F)F)ccn2)C1. The van der Waals surface area contributed by atoms with Gasteiger partial charge in [0.2, 0.25) is 5.88 Å². The zero-order valence-electron chi connectivity index (χ0n) is 13.5. The molecule has 9 heteroatoms. The van der Waals surface area contributed by atoms with Crippen LogP contribution in [0.5, 0.6) is 5.88 Å². The van der Waals surface area contributed by atoms with Crippen LogP contribution in [0.2, 0.25) is 0 Å². The Hall–Kier alpha value is -2.84. The van der Waals surface area contributed by atoms with E-state index in [0.717, 1.165) is 18.3 Å². The fourth-order valence-corrected chi connectivity index (χ4v) is 2.59. The van der Waals surface area contributed by atoms with Gasteiger partial charge in [0.25, 0.3) is 0 Å². The first-order valence-corrected chi connectivity index (χ1v) is 7.83. The standard InChI is InChI=1S/C17H15F4N3O2/c18-13-3-1-2-4-14(13)23-16(25)24-8-6-12(10-24)26-15-9-11(5-7-22-15)17(19,20)21/h1-5,7,9,12H,6,8,10H2,(H,23,25). The van der Waals surface area contributed by atoms with Crippen LogP contribution in [-0.4, -0.2) is 35.1 Å². The molecule has 1 fully saturated rings. The van der Waals surface area contributed by atoms with E-state index in [1.807, 2.05) is 0 Å². The number of pyridine rings is 1. The van der Waals surface area contributed by atoms with Crippen molar-refractivity contribution < 1.29 is 27.1 Å². The predicted molar refractivity (Wildman–Crippen MR) is 85.3 cm³/mol. The fraction of sp³-hybridized carbons (Fsp3) is 0.294. The van der Waals surface area contributed by atoms with E-state index in [1.54, 1.807) is 6.07 Å². The number of urea groups is 1. The van der Waals surface area contributed by atoms with Gasteiger partial charge in [-0.3, -0.25) is 0 Å². The van der Waals surface area contributed by atoms with E-state index in [4.69, 9.17) is 4.74 Å². The van der Waals surface area contributed by atoms with Gasteiger partial charge >= 0.3 is 12.2 Å². The van der Waals surface area contributed by atoms with Crippen LogP contribution in [0.3, 0.4) is 0 Å². The summed E-state index contributed by atoms with van der Waals surface area (Å²) >= 11 is 0. The van der Waals surface area contributed by atoms with E-state index in [2.05, 4.69) is 10.3 Å². The lowest BCUT2D eigenvalue weighted by Gasteiger charge is -2.18. The number of carbonyl (C=O) groups excluding carboxylic acids is 1. The maximum absolute atomic E-state index is 13.6. The van der Waals surface area contributed by atoms with Crippen molar-refractivity contribution in [2.24, 2.45) is 0 Å². The molecule has 2 amide bonds. The second-order valence-corrected chi connectivity index (χ2v) is 5.77. The van der Waals surface area contributed by atoms with Gasteiger partial charge < -0.3 is 15.0 Å². The summed E-state index contributed by atoms with van der Waals surface area (Å²) in [6, 6.07) is 6.94. The summed E-state index contributed by atoms with van der Waals surface area (Å²) in [7, 11) is 0. The Labute approximate surface area is 146 Å². The molecule has 5 nitrogen and oxygen atoms in total. The van der Waals surface area contributed by atoms with Crippen molar-refractivity contribution in [2.45, 2.75) is 18.7 Å². The van der Waals surface area contributed by atoms with Gasteiger partial charge in [0.1, 0.15) is 11.9 Å². The van der Waals surface area contributed by atoms with E-state index in [9.17, 15) is 22.4 Å². The molecule has 0 saturated carbocycles. The molecule has 0 spiro atoms. The Morgan fingerprint density at radius 3 is 2.77 bits per heavy atom. The van der Waals surface area contributed by atoms with E-state index < -0.39 is 29.7 Å². The molecule has 26 heavy (non-hydrogen) atoms. The Kier molecular flexibility index (Phi) is 4.97. The number of nitrogens with zero attached hydrogens (tertiary/aromatic N) is 2. The molecule has 138 valence electrons. The lowest BCUT2D eigenvalue weighted by Crippen LogP contribution is -2.34. The minimum atomic E-state index is -4.48. The number of ether oxygens (including phenoxy) is 1. The van der Waals surface area contributed by atoms with Crippen LogP contribution in [0.1, 0.15) is 12.0 Å². The average Bonchev–Trinajstić information content (AvgIpc) is 3.05. The van der Waals surface area contributed by atoms with Gasteiger partial charge in [-0.05, 0) is 18.2 Å². The number of aromatic nitrogens is 1. The minimum Gasteiger partial charge on any atom is -0.472 e. The molecule has 1 aromatic carbocycles. The van der Waals surface area contributed by atoms with Crippen molar-refractivity contribution in [1.82, 2.24) is 9.88 Å². The molecule has 2 heterocycles. The number of amides is 2. The topological polar surface area (TPSA) is 54.5 Å². The number of halogens is 4. The third-order valence-electron chi connectivity index (χ3n) is 3.90. The lowest BCUT2D eigenvalue weighted by atomic mass is 10.2. The van der Waals surface area contributed by atoms with Crippen molar-refractivity contribution >= 4 is 11.7 Å². The van der Waals surface area contributed by atoms with Gasteiger partial charge in [-0.25, -0.2) is 14.2 Å². The molecular weight excluding hydrogens is 354 g/mol. The zero-order chi connectivity index (χ0) is 18.7. The van der Waals surface area contributed by atoms with E-state index in [-0.39, 0.29) is 18.1 Å². The zero-order valence-corrected chi connectivity index (χ0v) is 13.5. The smallest absolute Gasteiger partial charge is 0.416 e. The van der Waals surface area contributed by atoms with E-state index in [0.29, 0.717) is 13.0 Å². The van der Waals surface area contributed by atoms with Crippen LogP contribution >= 0.6 is 0 Å². The summed E-state index contributed by atoms with van der Waals surface area (Å²) in [5, 5.41) is 2.46. The molecule has 2 aromatic rings. The van der Waals surface area contributed by atoms with Crippen LogP contribution in [-0.2, 0) is 6.18 Å². The van der Waals surface area contributed by atoms with Crippen molar-refractivity contribution in [3.05, 3.63) is 54.0 Å². The lowest BCUT2D eigenvalue weighted by molar-refractivity contribution is -0.137. The van der Waals surface area contributed by atoms with Gasteiger partial charge in [0.05, 0.1) is 17.8 Å². The molecule has 1 aliphatic heterocycles. The van der Waals surface area contributed by atoms with Crippen LogP contribution in [0.15, 0.2) is 42.6 Å². The predicted octanol–water partition coefficient (Wildman–Crippen LogP) is 3.92. The fourth-order valence-electron chi connectivity index (χ4n) is 2.59. The summed E-state index contributed by atoms with van der Waals surface area (Å²) in [5.74, 6) is -0.706. The van der Waals surface area contributed by atoms with Crippen molar-refractivity contribution in [3.63, 3.8) is 0 Å². The van der Waals surface area contributed by atoms with Crippen LogP contribution in [0.25, 0.3) is 0 Å². The number of rotatable bonds is 3. The quantitative estimate of drug-likeness (QED) is 0.835. The highest BCUT2D eigenvalue weighted by molar-refractivity contribution is 5.89. The summed E-state index contributed by atoms with van der Waals surface area (Å²) < 4.78 is 57.2. The Morgan fingerprint density at radius 1 is 1.27 bits per heavy atom. The highest BCUT2D eigenvalue weighted by Crippen LogP contribution is 2.31. The first-order chi connectivity index (χ1) is 12.3.